The van der Waals surface area contributed by atoms with E-state index in [-0.39, 0.29) is 6.03 Å². The molecule has 0 fully saturated rings. The first kappa shape index (κ1) is 15.6. The number of nitrogens with one attached hydrogen (secondary N) is 1. The van der Waals surface area contributed by atoms with Crippen molar-refractivity contribution in [2.45, 2.75) is 6.42 Å². The highest BCUT2D eigenvalue weighted by molar-refractivity contribution is 9.11. The highest BCUT2D eigenvalue weighted by Gasteiger charge is 2.08. The Bertz CT molecular complexity index is 649. The number of benzene rings is 2. The molecule has 2 aromatic carbocycles. The zero-order valence-electron chi connectivity index (χ0n) is 12.1. The lowest BCUT2D eigenvalue weighted by Crippen LogP contribution is -2.38. The number of hydrogen-bond acceptors (Lipinski definition) is 1. The van der Waals surface area contributed by atoms with E-state index in [2.05, 4.69) is 58.2 Å². The molecule has 2 aromatic rings. The minimum absolute atomic E-state index is 0.0872. The van der Waals surface area contributed by atoms with Crippen LogP contribution in [0, 0.1) is 0 Å². The molecule has 0 aliphatic rings. The summed E-state index contributed by atoms with van der Waals surface area (Å²) in [6, 6.07) is 14.5. The molecule has 0 saturated heterocycles. The lowest BCUT2D eigenvalue weighted by molar-refractivity contribution is 0.210. The van der Waals surface area contributed by atoms with E-state index in [9.17, 15) is 4.79 Å². The molecule has 0 aliphatic carbocycles. The minimum atomic E-state index is -0.0872. The Morgan fingerprint density at radius 3 is 2.71 bits per heavy atom. The number of amides is 2. The molecule has 110 valence electrons. The van der Waals surface area contributed by atoms with Crippen LogP contribution in [0.5, 0.6) is 0 Å². The Balaban J connectivity index is 1.98. The zero-order chi connectivity index (χ0) is 15.2. The zero-order valence-corrected chi connectivity index (χ0v) is 13.7. The molecule has 0 aromatic heterocycles. The van der Waals surface area contributed by atoms with Crippen LogP contribution in [-0.2, 0) is 6.42 Å². The average molecular weight is 347 g/mol. The normalized spacial score (nSPS) is 10.4. The molecular weight excluding hydrogens is 328 g/mol. The number of likely N-dealkylation sites (N-methyl/N-ethyl adjacent to an activating group) is 1. The number of fused-ring (bicyclic) bond motifs is 1. The fourth-order valence-corrected chi connectivity index (χ4v) is 2.35. The molecule has 0 unspecified atom stereocenters. The van der Waals surface area contributed by atoms with Gasteiger partial charge in [0.25, 0.3) is 0 Å². The number of urea groups is 1. The molecule has 0 heterocycles. The Labute approximate surface area is 133 Å². The van der Waals surface area contributed by atoms with Gasteiger partial charge in [0.15, 0.2) is 0 Å². The number of nitrogens with zero attached hydrogens (tertiary/aromatic N) is 1. The third kappa shape index (κ3) is 4.33. The summed E-state index contributed by atoms with van der Waals surface area (Å²) in [4.78, 5) is 13.6. The summed E-state index contributed by atoms with van der Waals surface area (Å²) in [6.45, 7) is 4.81. The van der Waals surface area contributed by atoms with Crippen LogP contribution in [0.1, 0.15) is 5.56 Å². The molecule has 21 heavy (non-hydrogen) atoms. The molecular formula is C17H19BrN2O. The third-order valence-electron chi connectivity index (χ3n) is 3.37. The molecule has 0 atom stereocenters. The van der Waals surface area contributed by atoms with Gasteiger partial charge >= 0.3 is 6.03 Å². The van der Waals surface area contributed by atoms with Gasteiger partial charge < -0.3 is 10.2 Å². The van der Waals surface area contributed by atoms with E-state index >= 15 is 0 Å². The van der Waals surface area contributed by atoms with Crippen molar-refractivity contribution in [3.8, 4) is 0 Å². The van der Waals surface area contributed by atoms with Crippen LogP contribution in [0.4, 0.5) is 4.79 Å². The highest BCUT2D eigenvalue weighted by atomic mass is 79.9. The summed E-state index contributed by atoms with van der Waals surface area (Å²) in [5, 5.41) is 5.28. The number of rotatable bonds is 5. The second-order valence-corrected chi connectivity index (χ2v) is 6.11. The second kappa shape index (κ2) is 7.27. The van der Waals surface area contributed by atoms with Crippen molar-refractivity contribution < 1.29 is 4.79 Å². The van der Waals surface area contributed by atoms with E-state index in [0.29, 0.717) is 13.1 Å². The second-order valence-electron chi connectivity index (χ2n) is 4.99. The summed E-state index contributed by atoms with van der Waals surface area (Å²) in [6.07, 6.45) is 0.834. The summed E-state index contributed by atoms with van der Waals surface area (Å²) in [5.74, 6) is 0. The first-order valence-electron chi connectivity index (χ1n) is 6.87. The van der Waals surface area contributed by atoms with Gasteiger partial charge in [-0.15, -0.1) is 0 Å². The average Bonchev–Trinajstić information content (AvgIpc) is 2.50. The van der Waals surface area contributed by atoms with Gasteiger partial charge in [-0.1, -0.05) is 65.0 Å². The molecule has 0 saturated carbocycles. The number of hydrogen-bond donors (Lipinski definition) is 1. The molecule has 0 aliphatic heterocycles. The maximum Gasteiger partial charge on any atom is 0.317 e. The van der Waals surface area contributed by atoms with Crippen molar-refractivity contribution >= 4 is 32.7 Å². The van der Waals surface area contributed by atoms with Gasteiger partial charge in [-0.05, 0) is 22.8 Å². The SMILES string of the molecule is C=C(Br)CNC(=O)N(C)CCc1cccc2ccccc12. The van der Waals surface area contributed by atoms with Gasteiger partial charge in [0, 0.05) is 18.1 Å². The molecule has 3 nitrogen and oxygen atoms in total. The maximum absolute atomic E-state index is 11.9. The monoisotopic (exact) mass is 346 g/mol. The first-order chi connectivity index (χ1) is 10.1. The van der Waals surface area contributed by atoms with Gasteiger partial charge in [0.1, 0.15) is 0 Å². The van der Waals surface area contributed by atoms with Crippen molar-refractivity contribution in [2.75, 3.05) is 20.1 Å². The standard InChI is InChI=1S/C17H19BrN2O/c1-13(18)12-19-17(21)20(2)11-10-15-8-5-7-14-6-3-4-9-16(14)15/h3-9H,1,10-12H2,2H3,(H,19,21). The lowest BCUT2D eigenvalue weighted by Gasteiger charge is -2.18. The quantitative estimate of drug-likeness (QED) is 0.873. The number of carbonyl (C=O) groups is 1. The predicted molar refractivity (Wildman–Crippen MR) is 91.7 cm³/mol. The highest BCUT2D eigenvalue weighted by Crippen LogP contribution is 2.18. The summed E-state index contributed by atoms with van der Waals surface area (Å²) >= 11 is 3.23. The molecule has 0 radical (unpaired) electrons. The summed E-state index contributed by atoms with van der Waals surface area (Å²) in [5.41, 5.74) is 1.26. The van der Waals surface area contributed by atoms with E-state index in [1.54, 1.807) is 11.9 Å². The fraction of sp³-hybridized carbons (Fsp3) is 0.235. The molecule has 0 spiro atoms. The predicted octanol–water partition coefficient (Wildman–Crippen LogP) is 3.93. The van der Waals surface area contributed by atoms with E-state index in [0.717, 1.165) is 10.9 Å². The summed E-state index contributed by atoms with van der Waals surface area (Å²) in [7, 11) is 1.80. The Morgan fingerprint density at radius 1 is 1.24 bits per heavy atom. The number of carbonyl (C=O) groups excluding carboxylic acids is 1. The smallest absolute Gasteiger partial charge is 0.317 e. The Morgan fingerprint density at radius 2 is 1.95 bits per heavy atom. The van der Waals surface area contributed by atoms with Crippen LogP contribution < -0.4 is 5.32 Å². The van der Waals surface area contributed by atoms with E-state index in [4.69, 9.17) is 0 Å². The van der Waals surface area contributed by atoms with Crippen LogP contribution in [0.25, 0.3) is 10.8 Å². The van der Waals surface area contributed by atoms with Gasteiger partial charge in [-0.3, -0.25) is 0 Å². The van der Waals surface area contributed by atoms with Crippen LogP contribution in [0.2, 0.25) is 0 Å². The molecule has 1 N–H and O–H groups in total. The van der Waals surface area contributed by atoms with Crippen molar-refractivity contribution in [1.82, 2.24) is 10.2 Å². The maximum atomic E-state index is 11.9. The van der Waals surface area contributed by atoms with E-state index < -0.39 is 0 Å². The fourth-order valence-electron chi connectivity index (χ4n) is 2.21. The van der Waals surface area contributed by atoms with Gasteiger partial charge in [0.05, 0.1) is 6.54 Å². The molecule has 2 rings (SSSR count). The number of halogens is 1. The minimum Gasteiger partial charge on any atom is -0.333 e. The third-order valence-corrected chi connectivity index (χ3v) is 3.65. The Kier molecular flexibility index (Phi) is 5.39. The largest absolute Gasteiger partial charge is 0.333 e. The summed E-state index contributed by atoms with van der Waals surface area (Å²) < 4.78 is 0.762. The van der Waals surface area contributed by atoms with Crippen molar-refractivity contribution in [2.24, 2.45) is 0 Å². The van der Waals surface area contributed by atoms with Crippen LogP contribution in [0.3, 0.4) is 0 Å². The van der Waals surface area contributed by atoms with Crippen LogP contribution >= 0.6 is 15.9 Å². The molecule has 0 bridgehead atoms. The van der Waals surface area contributed by atoms with Crippen LogP contribution in [-0.4, -0.2) is 31.1 Å². The van der Waals surface area contributed by atoms with Crippen molar-refractivity contribution in [1.29, 1.82) is 0 Å². The Hall–Kier alpha value is -1.81. The van der Waals surface area contributed by atoms with Gasteiger partial charge in [0.2, 0.25) is 0 Å². The van der Waals surface area contributed by atoms with Crippen LogP contribution in [0.15, 0.2) is 53.5 Å². The van der Waals surface area contributed by atoms with E-state index in [1.165, 1.54) is 16.3 Å². The van der Waals surface area contributed by atoms with E-state index in [1.807, 2.05) is 12.1 Å². The lowest BCUT2D eigenvalue weighted by atomic mass is 10.0. The van der Waals surface area contributed by atoms with Gasteiger partial charge in [-0.2, -0.15) is 0 Å². The first-order valence-corrected chi connectivity index (χ1v) is 7.66. The van der Waals surface area contributed by atoms with Crippen molar-refractivity contribution in [3.63, 3.8) is 0 Å². The topological polar surface area (TPSA) is 32.3 Å². The van der Waals surface area contributed by atoms with Gasteiger partial charge in [-0.25, -0.2) is 4.79 Å². The molecule has 2 amide bonds. The van der Waals surface area contributed by atoms with Crippen molar-refractivity contribution in [3.05, 3.63) is 59.1 Å². The molecule has 4 heteroatoms.